The van der Waals surface area contributed by atoms with E-state index >= 15 is 0 Å². The summed E-state index contributed by atoms with van der Waals surface area (Å²) in [6, 6.07) is 0. The lowest BCUT2D eigenvalue weighted by atomic mass is 10.1. The number of fused-ring (bicyclic) bond motifs is 1. The van der Waals surface area contributed by atoms with Crippen LogP contribution < -0.4 is 0 Å². The fourth-order valence-corrected chi connectivity index (χ4v) is 3.24. The van der Waals surface area contributed by atoms with E-state index in [0.717, 1.165) is 24.1 Å². The largest absolute Gasteiger partial charge is 0.481 e. The van der Waals surface area contributed by atoms with Crippen LogP contribution in [0.15, 0.2) is 4.42 Å². The van der Waals surface area contributed by atoms with Gasteiger partial charge >= 0.3 is 5.97 Å². The van der Waals surface area contributed by atoms with Gasteiger partial charge in [0.25, 0.3) is 0 Å². The first kappa shape index (κ1) is 11.7. The molecule has 98 valence electrons. The Kier molecular flexibility index (Phi) is 3.06. The molecular formula is C13H18N2O3. The van der Waals surface area contributed by atoms with Crippen molar-refractivity contribution in [3.05, 3.63) is 11.8 Å². The van der Waals surface area contributed by atoms with E-state index in [9.17, 15) is 4.79 Å². The maximum atomic E-state index is 10.4. The number of rotatable bonds is 6. The van der Waals surface area contributed by atoms with Gasteiger partial charge in [0.05, 0.1) is 0 Å². The van der Waals surface area contributed by atoms with E-state index in [-0.39, 0.29) is 6.42 Å². The van der Waals surface area contributed by atoms with Crippen molar-refractivity contribution in [1.82, 2.24) is 10.2 Å². The molecular weight excluding hydrogens is 232 g/mol. The van der Waals surface area contributed by atoms with Crippen LogP contribution in [0.3, 0.4) is 0 Å². The Morgan fingerprint density at radius 2 is 2.06 bits per heavy atom. The van der Waals surface area contributed by atoms with Crippen LogP contribution in [0.4, 0.5) is 0 Å². The first-order valence-electron chi connectivity index (χ1n) is 6.80. The van der Waals surface area contributed by atoms with Gasteiger partial charge < -0.3 is 9.52 Å². The van der Waals surface area contributed by atoms with Crippen LogP contribution in [0.1, 0.15) is 56.2 Å². The smallest absolute Gasteiger partial charge is 0.303 e. The summed E-state index contributed by atoms with van der Waals surface area (Å²) in [5.74, 6) is 2.86. The lowest BCUT2D eigenvalue weighted by Gasteiger charge is -1.96. The van der Waals surface area contributed by atoms with E-state index in [2.05, 4.69) is 10.2 Å². The highest BCUT2D eigenvalue weighted by atomic mass is 16.4. The predicted octanol–water partition coefficient (Wildman–Crippen LogP) is 2.38. The molecule has 0 aliphatic heterocycles. The Morgan fingerprint density at radius 3 is 2.78 bits per heavy atom. The number of nitrogens with zero attached hydrogens (tertiary/aromatic N) is 2. The molecule has 2 fully saturated rings. The number of unbranched alkanes of at least 4 members (excludes halogenated alkanes) is 1. The van der Waals surface area contributed by atoms with Crippen molar-refractivity contribution < 1.29 is 14.3 Å². The molecule has 5 heteroatoms. The van der Waals surface area contributed by atoms with Gasteiger partial charge in [-0.1, -0.05) is 6.42 Å². The zero-order valence-electron chi connectivity index (χ0n) is 10.3. The van der Waals surface area contributed by atoms with Crippen LogP contribution in [-0.4, -0.2) is 21.3 Å². The molecule has 2 saturated carbocycles. The third-order valence-corrected chi connectivity index (χ3v) is 4.21. The van der Waals surface area contributed by atoms with Gasteiger partial charge in [0.2, 0.25) is 11.8 Å². The Morgan fingerprint density at radius 1 is 1.28 bits per heavy atom. The minimum atomic E-state index is -0.743. The summed E-state index contributed by atoms with van der Waals surface area (Å²) < 4.78 is 5.68. The molecule has 2 atom stereocenters. The third-order valence-electron chi connectivity index (χ3n) is 4.21. The molecule has 2 aliphatic carbocycles. The molecule has 1 aromatic heterocycles. The molecule has 0 bridgehead atoms. The van der Waals surface area contributed by atoms with Crippen LogP contribution in [0.2, 0.25) is 0 Å². The molecule has 5 nitrogen and oxygen atoms in total. The molecule has 0 radical (unpaired) electrons. The van der Waals surface area contributed by atoms with Gasteiger partial charge in [-0.05, 0) is 37.5 Å². The molecule has 1 aromatic rings. The zero-order valence-corrected chi connectivity index (χ0v) is 10.3. The van der Waals surface area contributed by atoms with E-state index < -0.39 is 5.97 Å². The van der Waals surface area contributed by atoms with E-state index in [1.807, 2.05) is 0 Å². The lowest BCUT2D eigenvalue weighted by molar-refractivity contribution is -0.137. The highest BCUT2D eigenvalue weighted by molar-refractivity contribution is 5.66. The summed E-state index contributed by atoms with van der Waals surface area (Å²) in [4.78, 5) is 10.4. The van der Waals surface area contributed by atoms with Crippen molar-refractivity contribution in [2.75, 3.05) is 0 Å². The molecule has 3 rings (SSSR count). The molecule has 1 N–H and O–H groups in total. The Labute approximate surface area is 106 Å². The minimum absolute atomic E-state index is 0.216. The molecule has 0 saturated heterocycles. The monoisotopic (exact) mass is 250 g/mol. The van der Waals surface area contributed by atoms with Crippen LogP contribution >= 0.6 is 0 Å². The molecule has 2 unspecified atom stereocenters. The van der Waals surface area contributed by atoms with Crippen molar-refractivity contribution in [2.24, 2.45) is 11.8 Å². The van der Waals surface area contributed by atoms with Gasteiger partial charge in [0.1, 0.15) is 0 Å². The predicted molar refractivity (Wildman–Crippen MR) is 63.1 cm³/mol. The van der Waals surface area contributed by atoms with Crippen molar-refractivity contribution >= 4 is 5.97 Å². The van der Waals surface area contributed by atoms with Crippen molar-refractivity contribution in [1.29, 1.82) is 0 Å². The van der Waals surface area contributed by atoms with E-state index in [1.165, 1.54) is 19.3 Å². The van der Waals surface area contributed by atoms with Gasteiger partial charge in [0, 0.05) is 18.8 Å². The first-order valence-corrected chi connectivity index (χ1v) is 6.80. The average Bonchev–Trinajstić information content (AvgIpc) is 2.75. The van der Waals surface area contributed by atoms with E-state index in [0.29, 0.717) is 24.7 Å². The summed E-state index contributed by atoms with van der Waals surface area (Å²) >= 11 is 0. The topological polar surface area (TPSA) is 76.2 Å². The lowest BCUT2D eigenvalue weighted by Crippen LogP contribution is -1.95. The number of carboxylic acid groups (broad SMARTS) is 1. The summed E-state index contributed by atoms with van der Waals surface area (Å²) in [5.41, 5.74) is 0. The van der Waals surface area contributed by atoms with Crippen molar-refractivity contribution in [3.8, 4) is 0 Å². The standard InChI is InChI=1S/C13H18N2O3/c16-11(17)7-2-1-6-10-14-15-13(18-10)12-8-4-3-5-9(8)12/h8-9,12H,1-7H2,(H,16,17). The third kappa shape index (κ3) is 2.26. The second kappa shape index (κ2) is 4.71. The number of hydrogen-bond acceptors (Lipinski definition) is 4. The second-order valence-electron chi connectivity index (χ2n) is 5.42. The SMILES string of the molecule is O=C(O)CCCCc1nnc(C2C3CCCC32)o1. The number of aryl methyl sites for hydroxylation is 1. The minimum Gasteiger partial charge on any atom is -0.481 e. The van der Waals surface area contributed by atoms with Crippen LogP contribution in [0, 0.1) is 11.8 Å². The van der Waals surface area contributed by atoms with Crippen LogP contribution in [0.5, 0.6) is 0 Å². The maximum Gasteiger partial charge on any atom is 0.303 e. The maximum absolute atomic E-state index is 10.4. The van der Waals surface area contributed by atoms with Crippen molar-refractivity contribution in [3.63, 3.8) is 0 Å². The van der Waals surface area contributed by atoms with E-state index in [1.54, 1.807) is 0 Å². The average molecular weight is 250 g/mol. The molecule has 0 amide bonds. The van der Waals surface area contributed by atoms with Crippen LogP contribution in [-0.2, 0) is 11.2 Å². The van der Waals surface area contributed by atoms with Gasteiger partial charge in [0.15, 0.2) is 0 Å². The highest BCUT2D eigenvalue weighted by Crippen LogP contribution is 2.62. The van der Waals surface area contributed by atoms with Gasteiger partial charge in [-0.15, -0.1) is 10.2 Å². The second-order valence-corrected chi connectivity index (χ2v) is 5.42. The summed E-state index contributed by atoms with van der Waals surface area (Å²) in [6.45, 7) is 0. The fraction of sp³-hybridized carbons (Fsp3) is 0.769. The Bertz CT molecular complexity index is 433. The van der Waals surface area contributed by atoms with E-state index in [4.69, 9.17) is 9.52 Å². The number of aliphatic carboxylic acids is 1. The summed E-state index contributed by atoms with van der Waals surface area (Å²) in [7, 11) is 0. The van der Waals surface area contributed by atoms with Gasteiger partial charge in [-0.25, -0.2) is 0 Å². The first-order chi connectivity index (χ1) is 8.75. The summed E-state index contributed by atoms with van der Waals surface area (Å²) in [5, 5.41) is 16.7. The number of carbonyl (C=O) groups is 1. The quantitative estimate of drug-likeness (QED) is 0.784. The van der Waals surface area contributed by atoms with Gasteiger partial charge in [-0.3, -0.25) is 4.79 Å². The number of aromatic nitrogens is 2. The molecule has 2 aliphatic rings. The molecule has 18 heavy (non-hydrogen) atoms. The molecule has 1 heterocycles. The molecule has 0 aromatic carbocycles. The Hall–Kier alpha value is -1.39. The number of carboxylic acids is 1. The molecule has 0 spiro atoms. The highest BCUT2D eigenvalue weighted by Gasteiger charge is 2.56. The summed E-state index contributed by atoms with van der Waals surface area (Å²) in [6.07, 6.45) is 6.35. The number of hydrogen-bond donors (Lipinski definition) is 1. The fourth-order valence-electron chi connectivity index (χ4n) is 3.24. The Balaban J connectivity index is 1.47. The van der Waals surface area contributed by atoms with Crippen molar-refractivity contribution in [2.45, 2.75) is 50.9 Å². The van der Waals surface area contributed by atoms with Crippen LogP contribution in [0.25, 0.3) is 0 Å². The van der Waals surface area contributed by atoms with Gasteiger partial charge in [-0.2, -0.15) is 0 Å². The normalized spacial score (nSPS) is 29.2. The zero-order chi connectivity index (χ0) is 12.5.